The molecule has 0 fully saturated rings. The number of rotatable bonds is 5. The zero-order valence-corrected chi connectivity index (χ0v) is 10.3. The van der Waals surface area contributed by atoms with E-state index in [1.165, 1.54) is 0 Å². The highest BCUT2D eigenvalue weighted by Crippen LogP contribution is 2.17. The molecule has 1 N–H and O–H groups in total. The summed E-state index contributed by atoms with van der Waals surface area (Å²) in [5, 5.41) is 13.0. The number of anilines is 1. The third kappa shape index (κ3) is 2.38. The minimum absolute atomic E-state index is 0.756. The predicted octanol–water partition coefficient (Wildman–Crippen LogP) is 1.78. The fourth-order valence-corrected chi connectivity index (χ4v) is 2.20. The Bertz CT molecular complexity index is 448. The molecular formula is C10H15N5S. The van der Waals surface area contributed by atoms with Crippen molar-refractivity contribution in [3.8, 4) is 0 Å². The minimum atomic E-state index is 0.756. The van der Waals surface area contributed by atoms with E-state index in [9.17, 15) is 0 Å². The molecule has 0 saturated heterocycles. The van der Waals surface area contributed by atoms with Gasteiger partial charge >= 0.3 is 0 Å². The largest absolute Gasteiger partial charge is 0.363 e. The molecule has 0 atom stereocenters. The summed E-state index contributed by atoms with van der Waals surface area (Å²) in [5.41, 5.74) is 0. The molecule has 0 radical (unpaired) electrons. The van der Waals surface area contributed by atoms with E-state index < -0.39 is 0 Å². The third-order valence-corrected chi connectivity index (χ3v) is 3.20. The molecule has 2 rings (SSSR count). The van der Waals surface area contributed by atoms with Crippen LogP contribution in [0.1, 0.15) is 24.2 Å². The molecule has 0 spiro atoms. The van der Waals surface area contributed by atoms with Gasteiger partial charge in [-0.25, -0.2) is 4.98 Å². The lowest BCUT2D eigenvalue weighted by Crippen LogP contribution is -2.03. The molecule has 0 unspecified atom stereocenters. The van der Waals surface area contributed by atoms with Crippen LogP contribution in [0, 0.1) is 0 Å². The first-order valence-corrected chi connectivity index (χ1v) is 6.15. The van der Waals surface area contributed by atoms with Crippen molar-refractivity contribution in [3.05, 3.63) is 23.2 Å². The van der Waals surface area contributed by atoms with E-state index in [1.807, 2.05) is 19.4 Å². The number of hydrogen-bond donors (Lipinski definition) is 1. The number of aryl methyl sites for hydroxylation is 1. The first-order chi connectivity index (χ1) is 7.83. The van der Waals surface area contributed by atoms with Crippen molar-refractivity contribution in [3.63, 3.8) is 0 Å². The first kappa shape index (κ1) is 11.1. The molecule has 2 aromatic heterocycles. The maximum atomic E-state index is 4.35. The lowest BCUT2D eigenvalue weighted by molar-refractivity contribution is 0.645. The molecule has 16 heavy (non-hydrogen) atoms. The standard InChI is InChI=1S/C10H15N5S/c1-3-5-15-6-4-12-8(15)7-9-13-14-10(11-2)16-9/h4,6H,3,5,7H2,1-2H3,(H,11,14). The van der Waals surface area contributed by atoms with Gasteiger partial charge in [0, 0.05) is 26.0 Å². The first-order valence-electron chi connectivity index (χ1n) is 5.33. The zero-order chi connectivity index (χ0) is 11.4. The monoisotopic (exact) mass is 237 g/mol. The van der Waals surface area contributed by atoms with Crippen LogP contribution in [0.4, 0.5) is 5.13 Å². The van der Waals surface area contributed by atoms with Crippen molar-refractivity contribution in [1.82, 2.24) is 19.7 Å². The predicted molar refractivity (Wildman–Crippen MR) is 64.8 cm³/mol. The Morgan fingerprint density at radius 3 is 3.00 bits per heavy atom. The molecule has 6 heteroatoms. The number of hydrogen-bond acceptors (Lipinski definition) is 5. The topological polar surface area (TPSA) is 55.6 Å². The summed E-state index contributed by atoms with van der Waals surface area (Å²) in [5.74, 6) is 1.06. The van der Waals surface area contributed by atoms with Gasteiger partial charge in [-0.05, 0) is 6.42 Å². The van der Waals surface area contributed by atoms with Crippen LogP contribution in [-0.4, -0.2) is 26.8 Å². The van der Waals surface area contributed by atoms with Crippen molar-refractivity contribution in [2.24, 2.45) is 0 Å². The molecule has 0 bridgehead atoms. The van der Waals surface area contributed by atoms with E-state index in [-0.39, 0.29) is 0 Å². The van der Waals surface area contributed by atoms with Crippen LogP contribution < -0.4 is 5.32 Å². The molecule has 2 aromatic rings. The summed E-state index contributed by atoms with van der Waals surface area (Å²) in [7, 11) is 1.85. The van der Waals surface area contributed by atoms with Gasteiger partial charge in [-0.3, -0.25) is 0 Å². The fourth-order valence-electron chi connectivity index (χ4n) is 1.51. The van der Waals surface area contributed by atoms with E-state index >= 15 is 0 Å². The van der Waals surface area contributed by atoms with Gasteiger partial charge in [0.05, 0.1) is 6.42 Å². The van der Waals surface area contributed by atoms with Gasteiger partial charge in [-0.15, -0.1) is 10.2 Å². The summed E-state index contributed by atoms with van der Waals surface area (Å²) >= 11 is 1.57. The van der Waals surface area contributed by atoms with Crippen molar-refractivity contribution < 1.29 is 0 Å². The van der Waals surface area contributed by atoms with Crippen LogP contribution in [0.5, 0.6) is 0 Å². The Kier molecular flexibility index (Phi) is 3.51. The minimum Gasteiger partial charge on any atom is -0.363 e. The normalized spacial score (nSPS) is 10.6. The molecule has 5 nitrogen and oxygen atoms in total. The number of imidazole rings is 1. The fraction of sp³-hybridized carbons (Fsp3) is 0.500. The van der Waals surface area contributed by atoms with E-state index in [2.05, 4.69) is 32.0 Å². The average molecular weight is 237 g/mol. The summed E-state index contributed by atoms with van der Waals surface area (Å²) < 4.78 is 2.17. The van der Waals surface area contributed by atoms with Crippen LogP contribution in [-0.2, 0) is 13.0 Å². The summed E-state index contributed by atoms with van der Waals surface area (Å²) in [4.78, 5) is 4.35. The van der Waals surface area contributed by atoms with E-state index in [0.717, 1.165) is 35.3 Å². The lowest BCUT2D eigenvalue weighted by Gasteiger charge is -2.03. The molecule has 0 aliphatic rings. The van der Waals surface area contributed by atoms with E-state index in [4.69, 9.17) is 0 Å². The summed E-state index contributed by atoms with van der Waals surface area (Å²) in [6.07, 6.45) is 5.72. The van der Waals surface area contributed by atoms with E-state index in [0.29, 0.717) is 0 Å². The van der Waals surface area contributed by atoms with Crippen LogP contribution >= 0.6 is 11.3 Å². The van der Waals surface area contributed by atoms with Gasteiger partial charge in [0.2, 0.25) is 5.13 Å². The van der Waals surface area contributed by atoms with Crippen LogP contribution in [0.3, 0.4) is 0 Å². The maximum absolute atomic E-state index is 4.35. The molecule has 0 aliphatic heterocycles. The highest BCUT2D eigenvalue weighted by Gasteiger charge is 2.08. The maximum Gasteiger partial charge on any atom is 0.205 e. The van der Waals surface area contributed by atoms with Crippen molar-refractivity contribution in [1.29, 1.82) is 0 Å². The average Bonchev–Trinajstić information content (AvgIpc) is 2.90. The molecular weight excluding hydrogens is 222 g/mol. The second kappa shape index (κ2) is 5.07. The Hall–Kier alpha value is -1.43. The van der Waals surface area contributed by atoms with Crippen molar-refractivity contribution in [2.45, 2.75) is 26.3 Å². The highest BCUT2D eigenvalue weighted by molar-refractivity contribution is 7.15. The molecule has 0 amide bonds. The van der Waals surface area contributed by atoms with Gasteiger partial charge in [0.1, 0.15) is 10.8 Å². The summed E-state index contributed by atoms with van der Waals surface area (Å²) in [6, 6.07) is 0. The molecule has 0 aromatic carbocycles. The van der Waals surface area contributed by atoms with Crippen molar-refractivity contribution in [2.75, 3.05) is 12.4 Å². The van der Waals surface area contributed by atoms with Gasteiger partial charge < -0.3 is 9.88 Å². The number of nitrogens with one attached hydrogen (secondary N) is 1. The van der Waals surface area contributed by atoms with Gasteiger partial charge in [-0.2, -0.15) is 0 Å². The van der Waals surface area contributed by atoms with Crippen LogP contribution in [0.15, 0.2) is 12.4 Å². The zero-order valence-electron chi connectivity index (χ0n) is 9.47. The Labute approximate surface area is 98.5 Å². The van der Waals surface area contributed by atoms with Crippen molar-refractivity contribution >= 4 is 16.5 Å². The van der Waals surface area contributed by atoms with Gasteiger partial charge in [0.25, 0.3) is 0 Å². The third-order valence-electron chi connectivity index (χ3n) is 2.26. The number of nitrogens with zero attached hydrogens (tertiary/aromatic N) is 4. The van der Waals surface area contributed by atoms with E-state index in [1.54, 1.807) is 11.3 Å². The highest BCUT2D eigenvalue weighted by atomic mass is 32.1. The summed E-state index contributed by atoms with van der Waals surface area (Å²) in [6.45, 7) is 3.17. The second-order valence-corrected chi connectivity index (χ2v) is 4.53. The van der Waals surface area contributed by atoms with Gasteiger partial charge in [0.15, 0.2) is 0 Å². The quantitative estimate of drug-likeness (QED) is 0.861. The Balaban J connectivity index is 2.10. The molecule has 0 aliphatic carbocycles. The smallest absolute Gasteiger partial charge is 0.205 e. The Morgan fingerprint density at radius 2 is 2.31 bits per heavy atom. The molecule has 86 valence electrons. The molecule has 0 saturated carbocycles. The van der Waals surface area contributed by atoms with Gasteiger partial charge in [-0.1, -0.05) is 18.3 Å². The SMILES string of the molecule is CCCn1ccnc1Cc1nnc(NC)s1. The second-order valence-electron chi connectivity index (χ2n) is 3.46. The van der Waals surface area contributed by atoms with Crippen LogP contribution in [0.25, 0.3) is 0 Å². The molecule has 2 heterocycles. The lowest BCUT2D eigenvalue weighted by atomic mass is 10.4. The Morgan fingerprint density at radius 1 is 1.44 bits per heavy atom. The number of aromatic nitrogens is 4. The van der Waals surface area contributed by atoms with Crippen LogP contribution in [0.2, 0.25) is 0 Å².